The van der Waals surface area contributed by atoms with Crippen LogP contribution < -0.4 is 9.64 Å². The summed E-state index contributed by atoms with van der Waals surface area (Å²) in [5, 5.41) is 20.2. The average molecular weight is 458 g/mol. The molecule has 32 heavy (non-hydrogen) atoms. The first-order valence-electron chi connectivity index (χ1n) is 10.9. The molecule has 1 aromatic carbocycles. The van der Waals surface area contributed by atoms with Gasteiger partial charge in [-0.1, -0.05) is 23.7 Å². The molecule has 3 N–H and O–H groups in total. The van der Waals surface area contributed by atoms with E-state index in [1.165, 1.54) is 0 Å². The topological polar surface area (TPSA) is 100 Å². The highest BCUT2D eigenvalue weighted by atomic mass is 35.5. The third-order valence-electron chi connectivity index (χ3n) is 6.46. The first-order chi connectivity index (χ1) is 15.5. The lowest BCUT2D eigenvalue weighted by Gasteiger charge is -2.18. The Morgan fingerprint density at radius 2 is 1.91 bits per heavy atom. The van der Waals surface area contributed by atoms with Crippen molar-refractivity contribution in [1.29, 1.82) is 0 Å². The minimum atomic E-state index is -0.610. The van der Waals surface area contributed by atoms with Crippen LogP contribution in [0.3, 0.4) is 0 Å². The van der Waals surface area contributed by atoms with Gasteiger partial charge in [0, 0.05) is 30.4 Å². The number of aromatic amines is 1. The average Bonchev–Trinajstić information content (AvgIpc) is 3.55. The van der Waals surface area contributed by atoms with Crippen molar-refractivity contribution >= 4 is 28.3 Å². The second-order valence-electron chi connectivity index (χ2n) is 8.64. The standard InChI is InChI=1S/C23H24ClN3O5/c24-15-7-16-17(8-20(25-16)32-19-11-31-22-18(29)10-30-23(19)22)26-21(15)12-1-3-13(4-2-12)27-6-5-14(28)9-27/h1-4,7-8,14,18-19,22-23,25,28-29H,5-6,9-11H2. The molecule has 3 aliphatic rings. The summed E-state index contributed by atoms with van der Waals surface area (Å²) < 4.78 is 17.3. The molecule has 3 fully saturated rings. The van der Waals surface area contributed by atoms with E-state index < -0.39 is 6.10 Å². The van der Waals surface area contributed by atoms with Gasteiger partial charge >= 0.3 is 0 Å². The van der Waals surface area contributed by atoms with E-state index in [1.54, 1.807) is 0 Å². The van der Waals surface area contributed by atoms with Crippen molar-refractivity contribution in [2.24, 2.45) is 0 Å². The fourth-order valence-electron chi connectivity index (χ4n) is 4.79. The quantitative estimate of drug-likeness (QED) is 0.553. The van der Waals surface area contributed by atoms with E-state index in [1.807, 2.05) is 36.4 Å². The molecule has 0 bridgehead atoms. The number of nitrogens with one attached hydrogen (secondary N) is 1. The Labute approximate surface area is 189 Å². The highest BCUT2D eigenvalue weighted by Crippen LogP contribution is 2.34. The maximum atomic E-state index is 9.91. The molecule has 5 atom stereocenters. The van der Waals surface area contributed by atoms with Crippen molar-refractivity contribution in [3.05, 3.63) is 41.4 Å². The molecule has 3 aliphatic heterocycles. The Balaban J connectivity index is 1.23. The fraction of sp³-hybridized carbons (Fsp3) is 0.435. The zero-order valence-electron chi connectivity index (χ0n) is 17.3. The van der Waals surface area contributed by atoms with Gasteiger partial charge in [-0.05, 0) is 24.6 Å². The first kappa shape index (κ1) is 20.3. The number of aliphatic hydroxyl groups is 2. The van der Waals surface area contributed by atoms with Crippen LogP contribution in [0.4, 0.5) is 5.69 Å². The van der Waals surface area contributed by atoms with Gasteiger partial charge in [0.05, 0.1) is 41.1 Å². The van der Waals surface area contributed by atoms with E-state index in [9.17, 15) is 10.2 Å². The molecule has 0 radical (unpaired) electrons. The number of halogens is 1. The zero-order valence-corrected chi connectivity index (χ0v) is 18.0. The van der Waals surface area contributed by atoms with Crippen LogP contribution in [0, 0.1) is 0 Å². The number of benzene rings is 1. The lowest BCUT2D eigenvalue weighted by molar-refractivity contribution is 0.00794. The normalized spacial score (nSPS) is 29.7. The summed E-state index contributed by atoms with van der Waals surface area (Å²) in [7, 11) is 0. The Hall–Kier alpha value is -2.36. The number of ether oxygens (including phenoxy) is 3. The molecule has 0 aliphatic carbocycles. The molecule has 9 heteroatoms. The summed E-state index contributed by atoms with van der Waals surface area (Å²) in [5.41, 5.74) is 4.22. The Morgan fingerprint density at radius 1 is 1.09 bits per heavy atom. The van der Waals surface area contributed by atoms with Crippen LogP contribution in [0.15, 0.2) is 36.4 Å². The number of anilines is 1. The van der Waals surface area contributed by atoms with Crippen molar-refractivity contribution < 1.29 is 24.4 Å². The van der Waals surface area contributed by atoms with E-state index in [0.29, 0.717) is 29.7 Å². The Morgan fingerprint density at radius 3 is 2.69 bits per heavy atom. The van der Waals surface area contributed by atoms with Crippen LogP contribution in [0.25, 0.3) is 22.3 Å². The van der Waals surface area contributed by atoms with Gasteiger partial charge in [-0.15, -0.1) is 0 Å². The molecule has 5 heterocycles. The van der Waals surface area contributed by atoms with E-state index in [-0.39, 0.29) is 31.0 Å². The van der Waals surface area contributed by atoms with E-state index in [0.717, 1.165) is 35.2 Å². The summed E-state index contributed by atoms with van der Waals surface area (Å²) >= 11 is 6.56. The van der Waals surface area contributed by atoms with Crippen molar-refractivity contribution in [1.82, 2.24) is 9.97 Å². The van der Waals surface area contributed by atoms with Gasteiger partial charge < -0.3 is 34.3 Å². The van der Waals surface area contributed by atoms with E-state index in [2.05, 4.69) is 9.88 Å². The molecule has 168 valence electrons. The maximum Gasteiger partial charge on any atom is 0.193 e. The van der Waals surface area contributed by atoms with Crippen molar-refractivity contribution in [2.45, 2.75) is 36.9 Å². The van der Waals surface area contributed by atoms with Gasteiger partial charge in [-0.2, -0.15) is 0 Å². The molecule has 0 spiro atoms. The molecule has 5 unspecified atom stereocenters. The van der Waals surface area contributed by atoms with Gasteiger partial charge in [0.15, 0.2) is 12.0 Å². The van der Waals surface area contributed by atoms with Gasteiger partial charge in [0.2, 0.25) is 0 Å². The molecule has 8 nitrogen and oxygen atoms in total. The number of H-pyrrole nitrogens is 1. The van der Waals surface area contributed by atoms with Gasteiger partial charge in [0.25, 0.3) is 0 Å². The van der Waals surface area contributed by atoms with Gasteiger partial charge in [0.1, 0.15) is 18.3 Å². The zero-order chi connectivity index (χ0) is 21.8. The van der Waals surface area contributed by atoms with Gasteiger partial charge in [-0.3, -0.25) is 0 Å². The molecular weight excluding hydrogens is 434 g/mol. The van der Waals surface area contributed by atoms with Crippen molar-refractivity contribution in [3.8, 4) is 17.1 Å². The molecule has 3 aromatic rings. The van der Waals surface area contributed by atoms with Crippen LogP contribution in [0.2, 0.25) is 5.02 Å². The predicted molar refractivity (Wildman–Crippen MR) is 119 cm³/mol. The summed E-state index contributed by atoms with van der Waals surface area (Å²) in [6, 6.07) is 11.8. The monoisotopic (exact) mass is 457 g/mol. The highest BCUT2D eigenvalue weighted by molar-refractivity contribution is 6.33. The maximum absolute atomic E-state index is 9.91. The third-order valence-corrected chi connectivity index (χ3v) is 6.75. The fourth-order valence-corrected chi connectivity index (χ4v) is 5.05. The number of β-amino-alcohol motifs (C(OH)–C–C–N with tert-alkyl or cyclic N) is 1. The summed E-state index contributed by atoms with van der Waals surface area (Å²) in [5.74, 6) is 0.558. The minimum absolute atomic E-state index is 0.259. The number of aliphatic hydroxyl groups excluding tert-OH is 2. The number of rotatable bonds is 4. The Bertz CT molecular complexity index is 1140. The number of hydrogen-bond donors (Lipinski definition) is 3. The molecule has 3 saturated heterocycles. The van der Waals surface area contributed by atoms with Gasteiger partial charge in [-0.25, -0.2) is 4.98 Å². The number of nitrogens with zero attached hydrogens (tertiary/aromatic N) is 2. The lowest BCUT2D eigenvalue weighted by atomic mass is 10.1. The van der Waals surface area contributed by atoms with E-state index in [4.69, 9.17) is 30.8 Å². The smallest absolute Gasteiger partial charge is 0.193 e. The van der Waals surface area contributed by atoms with Crippen LogP contribution in [-0.2, 0) is 9.47 Å². The third kappa shape index (κ3) is 3.52. The van der Waals surface area contributed by atoms with Crippen LogP contribution in [0.5, 0.6) is 5.88 Å². The molecule has 2 aromatic heterocycles. The van der Waals surface area contributed by atoms with Crippen molar-refractivity contribution in [3.63, 3.8) is 0 Å². The first-order valence-corrected chi connectivity index (χ1v) is 11.2. The van der Waals surface area contributed by atoms with Crippen LogP contribution in [0.1, 0.15) is 6.42 Å². The second-order valence-corrected chi connectivity index (χ2v) is 9.05. The Kier molecular flexibility index (Phi) is 5.00. The SMILES string of the molecule is OC1CCN(c2ccc(-c3nc4cc(OC5COC6C(O)COC56)[nH]c4cc3Cl)cc2)C1. The number of fused-ring (bicyclic) bond motifs is 2. The summed E-state index contributed by atoms with van der Waals surface area (Å²) in [4.78, 5) is 10.1. The van der Waals surface area contributed by atoms with Crippen LogP contribution >= 0.6 is 11.6 Å². The predicted octanol–water partition coefficient (Wildman–Crippen LogP) is 2.36. The summed E-state index contributed by atoms with van der Waals surface area (Å²) in [6.45, 7) is 2.14. The molecule has 0 amide bonds. The van der Waals surface area contributed by atoms with E-state index >= 15 is 0 Å². The largest absolute Gasteiger partial charge is 0.470 e. The molecule has 6 rings (SSSR count). The van der Waals surface area contributed by atoms with Crippen LogP contribution in [-0.4, -0.2) is 77.0 Å². The molecule has 0 saturated carbocycles. The minimum Gasteiger partial charge on any atom is -0.470 e. The number of aromatic nitrogens is 2. The lowest BCUT2D eigenvalue weighted by Crippen LogP contribution is -2.34. The number of pyridine rings is 1. The highest BCUT2D eigenvalue weighted by Gasteiger charge is 2.48. The second kappa shape index (κ2) is 7.90. The summed E-state index contributed by atoms with van der Waals surface area (Å²) in [6.07, 6.45) is -0.984. The molecular formula is C23H24ClN3O5. The number of hydrogen-bond acceptors (Lipinski definition) is 7. The van der Waals surface area contributed by atoms with Crippen molar-refractivity contribution in [2.75, 3.05) is 31.2 Å².